The number of rotatable bonds is 5. The van der Waals surface area contributed by atoms with E-state index in [0.717, 1.165) is 24.8 Å². The summed E-state index contributed by atoms with van der Waals surface area (Å²) in [5.41, 5.74) is 1.04. The van der Waals surface area contributed by atoms with E-state index in [4.69, 9.17) is 0 Å². The zero-order valence-electron chi connectivity index (χ0n) is 12.4. The molecule has 0 radical (unpaired) electrons. The smallest absolute Gasteiger partial charge is 0.227 e. The SMILES string of the molecule is CCC(C(=O)NC1CC(=O)N(C2CC2)C1)c1ccccc1. The van der Waals surface area contributed by atoms with E-state index in [1.165, 1.54) is 0 Å². The number of carbonyl (C=O) groups is 2. The number of amides is 2. The Morgan fingerprint density at radius 1 is 1.33 bits per heavy atom. The summed E-state index contributed by atoms with van der Waals surface area (Å²) in [6, 6.07) is 10.3. The van der Waals surface area contributed by atoms with Crippen molar-refractivity contribution in [1.82, 2.24) is 10.2 Å². The van der Waals surface area contributed by atoms with Gasteiger partial charge in [-0.05, 0) is 24.8 Å². The average Bonchev–Trinajstić information content (AvgIpc) is 3.25. The number of likely N-dealkylation sites (tertiary alicyclic amines) is 1. The lowest BCUT2D eigenvalue weighted by atomic mass is 9.95. The molecule has 1 aliphatic carbocycles. The molecule has 4 nitrogen and oxygen atoms in total. The van der Waals surface area contributed by atoms with Crippen molar-refractivity contribution >= 4 is 11.8 Å². The van der Waals surface area contributed by atoms with Gasteiger partial charge < -0.3 is 10.2 Å². The first-order valence-electron chi connectivity index (χ1n) is 7.83. The fourth-order valence-electron chi connectivity index (χ4n) is 3.13. The quantitative estimate of drug-likeness (QED) is 0.900. The summed E-state index contributed by atoms with van der Waals surface area (Å²) in [4.78, 5) is 26.4. The van der Waals surface area contributed by atoms with Gasteiger partial charge in [0.2, 0.25) is 11.8 Å². The molecule has 2 aliphatic rings. The van der Waals surface area contributed by atoms with Gasteiger partial charge in [0.15, 0.2) is 0 Å². The number of nitrogens with one attached hydrogen (secondary N) is 1. The van der Waals surface area contributed by atoms with Crippen molar-refractivity contribution in [3.05, 3.63) is 35.9 Å². The molecule has 1 N–H and O–H groups in total. The predicted molar refractivity (Wildman–Crippen MR) is 80.8 cm³/mol. The fourth-order valence-corrected chi connectivity index (χ4v) is 3.13. The van der Waals surface area contributed by atoms with Gasteiger partial charge in [-0.1, -0.05) is 37.3 Å². The van der Waals surface area contributed by atoms with Gasteiger partial charge in [-0.15, -0.1) is 0 Å². The molecule has 2 amide bonds. The molecule has 21 heavy (non-hydrogen) atoms. The largest absolute Gasteiger partial charge is 0.351 e. The first-order valence-corrected chi connectivity index (χ1v) is 7.83. The first kappa shape index (κ1) is 14.1. The van der Waals surface area contributed by atoms with E-state index in [-0.39, 0.29) is 23.8 Å². The molecule has 112 valence electrons. The van der Waals surface area contributed by atoms with Gasteiger partial charge in [0.1, 0.15) is 0 Å². The van der Waals surface area contributed by atoms with Gasteiger partial charge >= 0.3 is 0 Å². The minimum absolute atomic E-state index is 0.0247. The molecule has 3 rings (SSSR count). The van der Waals surface area contributed by atoms with E-state index < -0.39 is 0 Å². The summed E-state index contributed by atoms with van der Waals surface area (Å²) < 4.78 is 0. The van der Waals surface area contributed by atoms with Crippen LogP contribution in [0.1, 0.15) is 44.1 Å². The van der Waals surface area contributed by atoms with E-state index in [1.54, 1.807) is 0 Å². The monoisotopic (exact) mass is 286 g/mol. The van der Waals surface area contributed by atoms with Crippen LogP contribution in [0.2, 0.25) is 0 Å². The van der Waals surface area contributed by atoms with Gasteiger partial charge in [-0.2, -0.15) is 0 Å². The minimum Gasteiger partial charge on any atom is -0.351 e. The number of benzene rings is 1. The average molecular weight is 286 g/mol. The third kappa shape index (κ3) is 3.09. The highest BCUT2D eigenvalue weighted by Gasteiger charge is 2.40. The maximum absolute atomic E-state index is 12.5. The topological polar surface area (TPSA) is 49.4 Å². The highest BCUT2D eigenvalue weighted by atomic mass is 16.2. The van der Waals surface area contributed by atoms with Gasteiger partial charge in [-0.3, -0.25) is 9.59 Å². The number of carbonyl (C=O) groups excluding carboxylic acids is 2. The lowest BCUT2D eigenvalue weighted by Gasteiger charge is -2.19. The van der Waals surface area contributed by atoms with Gasteiger partial charge in [0, 0.05) is 19.0 Å². The molecular formula is C17H22N2O2. The standard InChI is InChI=1S/C17H22N2O2/c1-2-15(12-6-4-3-5-7-12)17(21)18-13-10-16(20)19(11-13)14-8-9-14/h3-7,13-15H,2,8-11H2,1H3,(H,18,21). The zero-order valence-corrected chi connectivity index (χ0v) is 12.4. The summed E-state index contributed by atoms with van der Waals surface area (Å²) in [5.74, 6) is 0.103. The molecular weight excluding hydrogens is 264 g/mol. The van der Waals surface area contributed by atoms with Crippen molar-refractivity contribution in [2.24, 2.45) is 0 Å². The van der Waals surface area contributed by atoms with Gasteiger partial charge in [0.05, 0.1) is 12.0 Å². The van der Waals surface area contributed by atoms with E-state index in [2.05, 4.69) is 5.32 Å². The molecule has 4 heteroatoms. The highest BCUT2D eigenvalue weighted by Crippen LogP contribution is 2.31. The molecule has 1 aromatic rings. The fraction of sp³-hybridized carbons (Fsp3) is 0.529. The molecule has 1 saturated heterocycles. The van der Waals surface area contributed by atoms with Crippen molar-refractivity contribution in [3.8, 4) is 0 Å². The summed E-state index contributed by atoms with van der Waals surface area (Å²) in [5, 5.41) is 3.07. The number of nitrogens with zero attached hydrogens (tertiary/aromatic N) is 1. The second-order valence-electron chi connectivity index (χ2n) is 6.06. The van der Waals surface area contributed by atoms with Crippen LogP contribution in [-0.4, -0.2) is 35.3 Å². The number of hydrogen-bond donors (Lipinski definition) is 1. The molecule has 0 aromatic heterocycles. The minimum atomic E-state index is -0.128. The summed E-state index contributed by atoms with van der Waals surface area (Å²) in [7, 11) is 0. The molecule has 0 bridgehead atoms. The maximum atomic E-state index is 12.5. The Bertz CT molecular complexity index is 525. The van der Waals surface area contributed by atoms with Crippen LogP contribution in [0.15, 0.2) is 30.3 Å². The Hall–Kier alpha value is -1.84. The molecule has 2 unspecified atom stereocenters. The van der Waals surface area contributed by atoms with Crippen LogP contribution in [0.4, 0.5) is 0 Å². The Kier molecular flexibility index (Phi) is 3.95. The van der Waals surface area contributed by atoms with Crippen LogP contribution in [0.25, 0.3) is 0 Å². The third-order valence-corrected chi connectivity index (χ3v) is 4.42. The molecule has 0 spiro atoms. The Morgan fingerprint density at radius 3 is 2.67 bits per heavy atom. The molecule has 1 saturated carbocycles. The summed E-state index contributed by atoms with van der Waals surface area (Å²) in [6.45, 7) is 2.70. The summed E-state index contributed by atoms with van der Waals surface area (Å²) in [6.07, 6.45) is 3.46. The maximum Gasteiger partial charge on any atom is 0.227 e. The van der Waals surface area contributed by atoms with Crippen molar-refractivity contribution in [2.45, 2.75) is 50.6 Å². The molecule has 2 atom stereocenters. The van der Waals surface area contributed by atoms with E-state index in [0.29, 0.717) is 19.0 Å². The Labute approximate surface area is 125 Å². The zero-order chi connectivity index (χ0) is 14.8. The number of hydrogen-bond acceptors (Lipinski definition) is 2. The van der Waals surface area contributed by atoms with Crippen LogP contribution in [-0.2, 0) is 9.59 Å². The van der Waals surface area contributed by atoms with Crippen molar-refractivity contribution < 1.29 is 9.59 Å². The van der Waals surface area contributed by atoms with Crippen molar-refractivity contribution in [3.63, 3.8) is 0 Å². The third-order valence-electron chi connectivity index (χ3n) is 4.42. The molecule has 2 fully saturated rings. The Morgan fingerprint density at radius 2 is 2.05 bits per heavy atom. The van der Waals surface area contributed by atoms with Gasteiger partial charge in [0.25, 0.3) is 0 Å². The van der Waals surface area contributed by atoms with E-state index in [9.17, 15) is 9.59 Å². The second-order valence-corrected chi connectivity index (χ2v) is 6.06. The lowest BCUT2D eigenvalue weighted by Crippen LogP contribution is -2.40. The summed E-state index contributed by atoms with van der Waals surface area (Å²) >= 11 is 0. The first-order chi connectivity index (χ1) is 10.2. The van der Waals surface area contributed by atoms with Crippen LogP contribution in [0.3, 0.4) is 0 Å². The second kappa shape index (κ2) is 5.88. The Balaban J connectivity index is 1.61. The molecule has 1 heterocycles. The normalized spacial score (nSPS) is 23.2. The predicted octanol–water partition coefficient (Wildman–Crippen LogP) is 2.06. The van der Waals surface area contributed by atoms with Crippen molar-refractivity contribution in [1.29, 1.82) is 0 Å². The van der Waals surface area contributed by atoms with Crippen LogP contribution in [0, 0.1) is 0 Å². The van der Waals surface area contributed by atoms with Crippen LogP contribution >= 0.6 is 0 Å². The lowest BCUT2D eigenvalue weighted by molar-refractivity contribution is -0.128. The van der Waals surface area contributed by atoms with E-state index in [1.807, 2.05) is 42.2 Å². The van der Waals surface area contributed by atoms with E-state index >= 15 is 0 Å². The van der Waals surface area contributed by atoms with Crippen molar-refractivity contribution in [2.75, 3.05) is 6.54 Å². The highest BCUT2D eigenvalue weighted by molar-refractivity contribution is 5.86. The molecule has 1 aromatic carbocycles. The molecule has 1 aliphatic heterocycles. The van der Waals surface area contributed by atoms with Crippen LogP contribution < -0.4 is 5.32 Å². The van der Waals surface area contributed by atoms with Gasteiger partial charge in [-0.25, -0.2) is 0 Å². The van der Waals surface area contributed by atoms with Crippen LogP contribution in [0.5, 0.6) is 0 Å².